The zero-order valence-corrected chi connectivity index (χ0v) is 29.1. The Morgan fingerprint density at radius 1 is 1.04 bits per heavy atom. The van der Waals surface area contributed by atoms with Crippen molar-refractivity contribution in [3.05, 3.63) is 64.4 Å². The van der Waals surface area contributed by atoms with Crippen LogP contribution >= 0.6 is 0 Å². The normalized spacial score (nSPS) is 27.7. The highest BCUT2D eigenvalue weighted by atomic mass is 32.2. The molecule has 1 heterocycles. The molecule has 1 saturated heterocycles. The fourth-order valence-electron chi connectivity index (χ4n) is 7.51. The van der Waals surface area contributed by atoms with E-state index >= 15 is 0 Å². The number of carbonyl (C=O) groups is 3. The molecule has 2 aromatic carbocycles. The molecular formula is C34H41N3O13S. The van der Waals surface area contributed by atoms with Crippen molar-refractivity contribution in [2.75, 3.05) is 41.0 Å². The average molecular weight is 732 g/mol. The van der Waals surface area contributed by atoms with Crippen molar-refractivity contribution in [2.45, 2.75) is 48.3 Å². The van der Waals surface area contributed by atoms with Crippen LogP contribution in [0.4, 0.5) is 0 Å². The third-order valence-electron chi connectivity index (χ3n) is 10.1. The minimum Gasteiger partial charge on any atom is -0.508 e. The van der Waals surface area contributed by atoms with Crippen LogP contribution in [0.2, 0.25) is 0 Å². The molecule has 0 aromatic heterocycles. The predicted molar refractivity (Wildman–Crippen MR) is 179 cm³/mol. The van der Waals surface area contributed by atoms with Crippen molar-refractivity contribution in [1.29, 1.82) is 0 Å². The van der Waals surface area contributed by atoms with Crippen LogP contribution in [0.5, 0.6) is 17.2 Å². The molecule has 3 aliphatic carbocycles. The maximum Gasteiger partial charge on any atom is 0.294 e. The van der Waals surface area contributed by atoms with Crippen molar-refractivity contribution < 1.29 is 62.7 Å². The molecule has 2 aromatic rings. The van der Waals surface area contributed by atoms with E-state index < -0.39 is 73.8 Å². The summed E-state index contributed by atoms with van der Waals surface area (Å²) in [6.07, 6.45) is 1.78. The van der Waals surface area contributed by atoms with Gasteiger partial charge in [-0.05, 0) is 77.1 Å². The number of carbonyl (C=O) groups excluding carboxylic acids is 3. The van der Waals surface area contributed by atoms with Gasteiger partial charge >= 0.3 is 0 Å². The molecule has 1 aliphatic heterocycles. The van der Waals surface area contributed by atoms with Gasteiger partial charge in [-0.2, -0.15) is 8.42 Å². The third-order valence-corrected chi connectivity index (χ3v) is 11.0. The number of ketones is 2. The number of ether oxygens (including phenoxy) is 1. The monoisotopic (exact) mass is 731 g/mol. The number of aromatic hydroxyl groups is 2. The van der Waals surface area contributed by atoms with Gasteiger partial charge < -0.3 is 40.7 Å². The van der Waals surface area contributed by atoms with Gasteiger partial charge in [0, 0.05) is 23.5 Å². The molecule has 6 rings (SSSR count). The van der Waals surface area contributed by atoms with Gasteiger partial charge in [-0.25, -0.2) is 0 Å². The molecule has 0 bridgehead atoms. The summed E-state index contributed by atoms with van der Waals surface area (Å²) >= 11 is 0. The summed E-state index contributed by atoms with van der Waals surface area (Å²) in [6, 6.07) is 6.36. The number of phenolic OH excluding ortho intramolecular Hbond substituents is 2. The Labute approximate surface area is 293 Å². The lowest BCUT2D eigenvalue weighted by atomic mass is 9.54. The molecule has 276 valence electrons. The molecule has 16 nitrogen and oxygen atoms in total. The Hall–Kier alpha value is -4.52. The second kappa shape index (κ2) is 13.6. The highest BCUT2D eigenvalue weighted by Crippen LogP contribution is 2.57. The Kier molecular flexibility index (Phi) is 10.0. The molecule has 5 atom stereocenters. The Balaban J connectivity index is 0.000000328. The molecule has 51 heavy (non-hydrogen) atoms. The number of rotatable bonds is 6. The Morgan fingerprint density at radius 2 is 1.69 bits per heavy atom. The largest absolute Gasteiger partial charge is 0.508 e. The summed E-state index contributed by atoms with van der Waals surface area (Å²) in [5.74, 6) is -7.36. The summed E-state index contributed by atoms with van der Waals surface area (Å²) < 4.78 is 34.6. The van der Waals surface area contributed by atoms with Crippen LogP contribution in [0.1, 0.15) is 37.3 Å². The number of fused-ring (bicyclic) bond motifs is 3. The lowest BCUT2D eigenvalue weighted by molar-refractivity contribution is -0.159. The van der Waals surface area contributed by atoms with Crippen LogP contribution < -0.4 is 10.1 Å². The van der Waals surface area contributed by atoms with E-state index in [4.69, 9.17) is 9.66 Å². The number of methoxy groups -OCH3 is 1. The van der Waals surface area contributed by atoms with Crippen molar-refractivity contribution in [3.8, 4) is 17.2 Å². The zero-order chi connectivity index (χ0) is 37.8. The van der Waals surface area contributed by atoms with Crippen LogP contribution in [-0.4, -0.2) is 123 Å². The molecule has 0 unspecified atom stereocenters. The quantitative estimate of drug-likeness (QED) is 0.152. The van der Waals surface area contributed by atoms with E-state index in [1.807, 2.05) is 4.90 Å². The summed E-state index contributed by atoms with van der Waals surface area (Å²) in [5, 5.41) is 68.1. The molecule has 0 spiro atoms. The van der Waals surface area contributed by atoms with Crippen LogP contribution in [-0.2, 0) is 30.1 Å². The van der Waals surface area contributed by atoms with Gasteiger partial charge in [0.25, 0.3) is 16.0 Å². The molecule has 4 aliphatic rings. The molecule has 0 radical (unpaired) electrons. The first kappa shape index (κ1) is 37.7. The van der Waals surface area contributed by atoms with Crippen molar-refractivity contribution in [3.63, 3.8) is 0 Å². The number of nitrogens with zero attached hydrogens (tertiary/aromatic N) is 2. The van der Waals surface area contributed by atoms with E-state index in [-0.39, 0.29) is 51.9 Å². The molecular weight excluding hydrogens is 690 g/mol. The lowest BCUT2D eigenvalue weighted by Crippen LogP contribution is -2.67. The van der Waals surface area contributed by atoms with Crippen LogP contribution in [0.3, 0.4) is 0 Å². The second-order valence-electron chi connectivity index (χ2n) is 13.4. The van der Waals surface area contributed by atoms with Crippen molar-refractivity contribution in [2.24, 2.45) is 11.8 Å². The number of aliphatic hydroxyl groups is 4. The molecule has 1 saturated carbocycles. The maximum atomic E-state index is 14.0. The number of phenols is 2. The smallest absolute Gasteiger partial charge is 0.294 e. The number of likely N-dealkylation sites (N-methyl/N-ethyl adjacent to an activating group) is 1. The fourth-order valence-corrected chi connectivity index (χ4v) is 8.01. The molecule has 1 amide bonds. The van der Waals surface area contributed by atoms with Crippen LogP contribution in [0.25, 0.3) is 5.76 Å². The zero-order valence-electron chi connectivity index (χ0n) is 28.3. The van der Waals surface area contributed by atoms with Crippen LogP contribution in [0.15, 0.2) is 58.2 Å². The number of benzene rings is 2. The third kappa shape index (κ3) is 6.34. The van der Waals surface area contributed by atoms with E-state index in [9.17, 15) is 48.3 Å². The SMILES string of the molecule is CN(C)[C@@H]1C(=O)C(C(=O)NCN2CCCC2)=C(O)[C@@]2(O)C(=O)C3=C(O)c4c(O)cccc4[C@@](C)(O)[C@H]3C[C@@H]12.COc1cc(S(=O)(=O)O)ccc1O. The average Bonchev–Trinajstić information content (AvgIpc) is 3.58. The lowest BCUT2D eigenvalue weighted by Gasteiger charge is -2.53. The van der Waals surface area contributed by atoms with Gasteiger partial charge in [0.15, 0.2) is 22.9 Å². The number of aliphatic hydroxyl groups excluding tert-OH is 2. The highest BCUT2D eigenvalue weighted by Gasteiger charge is 2.66. The van der Waals surface area contributed by atoms with E-state index in [0.717, 1.165) is 44.1 Å². The molecule has 2 fully saturated rings. The first-order chi connectivity index (χ1) is 23.8. The second-order valence-corrected chi connectivity index (χ2v) is 14.8. The van der Waals surface area contributed by atoms with Gasteiger partial charge in [-0.1, -0.05) is 12.1 Å². The maximum absolute atomic E-state index is 14.0. The van der Waals surface area contributed by atoms with Crippen LogP contribution in [0, 0.1) is 11.8 Å². The minimum atomic E-state index is -4.24. The predicted octanol–water partition coefficient (Wildman–Crippen LogP) is 0.961. The van der Waals surface area contributed by atoms with Gasteiger partial charge in [0.1, 0.15) is 22.8 Å². The summed E-state index contributed by atoms with van der Waals surface area (Å²) in [4.78, 5) is 44.0. The Morgan fingerprint density at radius 3 is 2.27 bits per heavy atom. The van der Waals surface area contributed by atoms with Gasteiger partial charge in [0.05, 0.1) is 35.9 Å². The first-order valence-corrected chi connectivity index (χ1v) is 17.5. The summed E-state index contributed by atoms with van der Waals surface area (Å²) in [6.45, 7) is 3.11. The summed E-state index contributed by atoms with van der Waals surface area (Å²) in [7, 11) is 0.158. The van der Waals surface area contributed by atoms with Gasteiger partial charge in [-0.15, -0.1) is 0 Å². The highest BCUT2D eigenvalue weighted by molar-refractivity contribution is 7.85. The number of hydrogen-bond donors (Lipinski definition) is 8. The van der Waals surface area contributed by atoms with Gasteiger partial charge in [0.2, 0.25) is 5.78 Å². The summed E-state index contributed by atoms with van der Waals surface area (Å²) in [5.41, 5.74) is -5.54. The van der Waals surface area contributed by atoms with E-state index in [1.165, 1.54) is 37.1 Å². The van der Waals surface area contributed by atoms with Crippen molar-refractivity contribution in [1.82, 2.24) is 15.1 Å². The number of likely N-dealkylation sites (tertiary alicyclic amines) is 1. The number of nitrogens with one attached hydrogen (secondary N) is 1. The molecule has 17 heteroatoms. The van der Waals surface area contributed by atoms with Gasteiger partial charge in [-0.3, -0.25) is 28.7 Å². The fraction of sp³-hybridized carbons (Fsp3) is 0.441. The topological polar surface area (TPSA) is 255 Å². The number of hydrogen-bond acceptors (Lipinski definition) is 14. The first-order valence-electron chi connectivity index (χ1n) is 16.0. The number of Topliss-reactive ketones (excluding diaryl/α,β-unsaturated/α-hetero) is 2. The van der Waals surface area contributed by atoms with Crippen molar-refractivity contribution >= 4 is 33.4 Å². The number of amides is 1. The van der Waals surface area contributed by atoms with E-state index in [0.29, 0.717) is 0 Å². The minimum absolute atomic E-state index is 0.00451. The molecule has 8 N–H and O–H groups in total. The Bertz CT molecular complexity index is 1950. The van der Waals surface area contributed by atoms with E-state index in [1.54, 1.807) is 14.1 Å². The van der Waals surface area contributed by atoms with E-state index in [2.05, 4.69) is 10.1 Å². The standard InChI is InChI=1S/C27H33N3O8.C7H8O5S/c1-26(37)13-7-6-8-16(31)17(13)21(32)18-14(26)11-15-20(29(2)3)22(33)19(24(35)27(15,38)23(18)34)25(36)28-12-30-9-4-5-10-30;1-12-7-4-5(13(9,10)11)2-3-6(7)8/h6-8,14-15,20,31-32,35,37-38H,4-5,9-12H2,1-3H3,(H,28,36);2-4,8H,1H3,(H,9,10,11)/t14-,15-,20-,26+,27-;/m0./s1.